The summed E-state index contributed by atoms with van der Waals surface area (Å²) < 4.78 is 48.2. The standard InChI is InChI=1S/C44H53N3O11S.C2H7N/c1-24-16-28-8-7-13-47-29(17-32(28)40(37(24)52-6)55-22-51-5)20-59-21-44(42-31(11-12-45-44)33-18-30(53-15-14-48)9-10-34(33)46-42)43(50)54-19-35(47)36-25(2)38(58-27(4)49)26(3)39-41(36)57-23-56-39;1-3-2/h9-10,16,18,29,35,45-46,48H,7-8,11-15,17,19-23H2,1-6H3;3H,1-2H3/t29?,35-,44+;/m0./s1. The number of benzene rings is 3. The lowest BCUT2D eigenvalue weighted by atomic mass is 9.87. The lowest BCUT2D eigenvalue weighted by Gasteiger charge is -2.43. The Kier molecular flexibility index (Phi) is 14.5. The molecule has 1 fully saturated rings. The Morgan fingerprint density at radius 3 is 2.55 bits per heavy atom. The molecule has 15 nitrogen and oxygen atoms in total. The van der Waals surface area contributed by atoms with E-state index in [0.717, 1.165) is 57.3 Å². The number of aliphatic hydroxyl groups is 1. The molecular weight excluding hydrogens is 817 g/mol. The van der Waals surface area contributed by atoms with E-state index >= 15 is 0 Å². The van der Waals surface area contributed by atoms with Crippen LogP contribution in [0.2, 0.25) is 0 Å². The number of nitrogens with one attached hydrogen (secondary N) is 3. The summed E-state index contributed by atoms with van der Waals surface area (Å²) in [4.78, 5) is 33.5. The number of cyclic esters (lactones) is 1. The Hall–Kier alpha value is -4.71. The zero-order valence-corrected chi connectivity index (χ0v) is 37.9. The van der Waals surface area contributed by atoms with Gasteiger partial charge in [0.25, 0.3) is 0 Å². The maximum absolute atomic E-state index is 15.0. The summed E-state index contributed by atoms with van der Waals surface area (Å²) >= 11 is 1.70. The summed E-state index contributed by atoms with van der Waals surface area (Å²) in [6, 6.07) is 7.39. The van der Waals surface area contributed by atoms with Crippen molar-refractivity contribution in [2.24, 2.45) is 0 Å². The van der Waals surface area contributed by atoms with E-state index in [1.54, 1.807) is 26.0 Å². The molecule has 4 N–H and O–H groups in total. The van der Waals surface area contributed by atoms with Gasteiger partial charge in [-0.25, -0.2) is 4.79 Å². The number of hydrogen-bond acceptors (Lipinski definition) is 15. The fourth-order valence-corrected chi connectivity index (χ4v) is 10.8. The Morgan fingerprint density at radius 2 is 1.81 bits per heavy atom. The van der Waals surface area contributed by atoms with Crippen molar-refractivity contribution in [2.45, 2.75) is 71.0 Å². The van der Waals surface area contributed by atoms with Crippen LogP contribution < -0.4 is 39.1 Å². The number of aromatic nitrogens is 1. The number of ether oxygens (including phenoxy) is 8. The van der Waals surface area contributed by atoms with E-state index in [2.05, 4.69) is 26.6 Å². The first-order chi connectivity index (χ1) is 30.0. The Balaban J connectivity index is 0.00000187. The molecule has 0 bridgehead atoms. The minimum Gasteiger partial charge on any atom is -0.493 e. The van der Waals surface area contributed by atoms with Crippen molar-refractivity contribution in [2.75, 3.05) is 86.3 Å². The number of hydrogen-bond donors (Lipinski definition) is 4. The van der Waals surface area contributed by atoms with Gasteiger partial charge in [0.05, 0.1) is 25.5 Å². The van der Waals surface area contributed by atoms with E-state index < -0.39 is 17.6 Å². The molecule has 62 heavy (non-hydrogen) atoms. The summed E-state index contributed by atoms with van der Waals surface area (Å²) in [6.07, 6.45) is 2.91. The average Bonchev–Trinajstić information content (AvgIpc) is 3.89. The smallest absolute Gasteiger partial charge is 0.333 e. The van der Waals surface area contributed by atoms with E-state index in [9.17, 15) is 14.7 Å². The predicted molar refractivity (Wildman–Crippen MR) is 236 cm³/mol. The number of rotatable bonds is 9. The van der Waals surface area contributed by atoms with Gasteiger partial charge in [0.1, 0.15) is 24.7 Å². The zero-order valence-electron chi connectivity index (χ0n) is 37.0. The molecule has 4 aromatic rings. The van der Waals surface area contributed by atoms with E-state index in [0.29, 0.717) is 77.5 Å². The number of aromatic amines is 1. The molecule has 3 atom stereocenters. The van der Waals surface area contributed by atoms with Gasteiger partial charge in [0.2, 0.25) is 6.79 Å². The molecule has 4 aliphatic rings. The molecule has 8 rings (SSSR count). The molecule has 4 aliphatic heterocycles. The second-order valence-corrected chi connectivity index (χ2v) is 17.1. The number of H-pyrrole nitrogens is 1. The minimum absolute atomic E-state index is 0.00550. The summed E-state index contributed by atoms with van der Waals surface area (Å²) in [5.74, 6) is 3.72. The van der Waals surface area contributed by atoms with Gasteiger partial charge in [0.15, 0.2) is 35.3 Å². The number of nitrogens with zero attached hydrogens (tertiary/aromatic N) is 1. The van der Waals surface area contributed by atoms with E-state index in [1.165, 1.54) is 12.5 Å². The summed E-state index contributed by atoms with van der Waals surface area (Å²) in [5.41, 5.74) is 6.92. The van der Waals surface area contributed by atoms with E-state index in [1.807, 2.05) is 53.1 Å². The van der Waals surface area contributed by atoms with Crippen LogP contribution in [0.1, 0.15) is 64.0 Å². The fraction of sp³-hybridized carbons (Fsp3) is 0.522. The van der Waals surface area contributed by atoms with Crippen molar-refractivity contribution in [1.82, 2.24) is 20.5 Å². The minimum atomic E-state index is -1.19. The van der Waals surface area contributed by atoms with Crippen LogP contribution >= 0.6 is 11.8 Å². The normalized spacial score (nSPS) is 21.0. The second-order valence-electron chi connectivity index (χ2n) is 16.1. The Labute approximate surface area is 367 Å². The topological polar surface area (TPSA) is 171 Å². The van der Waals surface area contributed by atoms with Gasteiger partial charge < -0.3 is 53.3 Å². The molecule has 0 radical (unpaired) electrons. The third kappa shape index (κ3) is 8.65. The van der Waals surface area contributed by atoms with Gasteiger partial charge in [-0.2, -0.15) is 11.8 Å². The Bertz CT molecular complexity index is 2280. The molecule has 1 saturated heterocycles. The highest BCUT2D eigenvalue weighted by atomic mass is 32.2. The van der Waals surface area contributed by atoms with Gasteiger partial charge in [-0.1, -0.05) is 6.07 Å². The maximum atomic E-state index is 15.0. The highest BCUT2D eigenvalue weighted by molar-refractivity contribution is 7.99. The molecular formula is C46H60N4O11S. The molecule has 1 aromatic heterocycles. The summed E-state index contributed by atoms with van der Waals surface area (Å²) in [6.45, 7) is 8.62. The number of methoxy groups -OCH3 is 2. The predicted octanol–water partition coefficient (Wildman–Crippen LogP) is 5.18. The first-order valence-electron chi connectivity index (χ1n) is 21.2. The van der Waals surface area contributed by atoms with Crippen molar-refractivity contribution in [3.8, 4) is 34.5 Å². The fourth-order valence-electron chi connectivity index (χ4n) is 9.45. The van der Waals surface area contributed by atoms with Crippen LogP contribution in [0.3, 0.4) is 0 Å². The lowest BCUT2D eigenvalue weighted by molar-refractivity contribution is -0.154. The molecule has 0 saturated carbocycles. The van der Waals surface area contributed by atoms with Gasteiger partial charge in [-0.3, -0.25) is 15.0 Å². The van der Waals surface area contributed by atoms with Crippen LogP contribution in [0, 0.1) is 20.8 Å². The number of carbonyl (C=O) groups excluding carboxylic acids is 2. The summed E-state index contributed by atoms with van der Waals surface area (Å²) in [7, 11) is 7.02. The van der Waals surface area contributed by atoms with E-state index in [4.69, 9.17) is 37.9 Å². The number of thioether (sulfide) groups is 1. The molecule has 1 spiro atoms. The van der Waals surface area contributed by atoms with Crippen molar-refractivity contribution in [3.63, 3.8) is 0 Å². The van der Waals surface area contributed by atoms with Crippen LogP contribution in [0.5, 0.6) is 34.5 Å². The van der Waals surface area contributed by atoms with Crippen molar-refractivity contribution >= 4 is 34.6 Å². The van der Waals surface area contributed by atoms with Crippen molar-refractivity contribution in [1.29, 1.82) is 0 Å². The van der Waals surface area contributed by atoms with Crippen LogP contribution in [0.4, 0.5) is 0 Å². The first-order valence-corrected chi connectivity index (χ1v) is 22.3. The largest absolute Gasteiger partial charge is 0.493 e. The number of aryl methyl sites for hydroxylation is 2. The van der Waals surface area contributed by atoms with E-state index in [-0.39, 0.29) is 45.4 Å². The van der Waals surface area contributed by atoms with Crippen molar-refractivity contribution < 1.29 is 52.6 Å². The lowest BCUT2D eigenvalue weighted by Crippen LogP contribution is -2.57. The molecule has 16 heteroatoms. The average molecular weight is 877 g/mol. The van der Waals surface area contributed by atoms with Crippen LogP contribution in [-0.2, 0) is 43.9 Å². The third-order valence-corrected chi connectivity index (χ3v) is 13.2. The number of aliphatic hydroxyl groups excluding tert-OH is 1. The zero-order chi connectivity index (χ0) is 44.1. The molecule has 0 aliphatic carbocycles. The molecule has 3 aromatic carbocycles. The third-order valence-electron chi connectivity index (χ3n) is 12.0. The Morgan fingerprint density at radius 1 is 1.02 bits per heavy atom. The number of fused-ring (bicyclic) bond motifs is 7. The molecule has 0 amide bonds. The second kappa shape index (κ2) is 19.8. The van der Waals surface area contributed by atoms with Crippen LogP contribution in [0.25, 0.3) is 10.9 Å². The van der Waals surface area contributed by atoms with Gasteiger partial charge in [-0.15, -0.1) is 0 Å². The SMILES string of the molecule is CNC.COCOc1c2c(cc(C)c1OC)CCCN1C(CSC[C@]3(NCCc4c3[nH]c3ccc(OCCO)cc43)C(=O)OC[C@H]1c1c(C)c(OC(C)=O)c(C)c3c1OCO3)C2. The van der Waals surface area contributed by atoms with Crippen LogP contribution in [-0.4, -0.2) is 119 Å². The molecule has 5 heterocycles. The monoisotopic (exact) mass is 876 g/mol. The quantitative estimate of drug-likeness (QED) is 0.0985. The molecule has 1 unspecified atom stereocenters. The maximum Gasteiger partial charge on any atom is 0.333 e. The highest BCUT2D eigenvalue weighted by Gasteiger charge is 2.49. The summed E-state index contributed by atoms with van der Waals surface area (Å²) in [5, 5.41) is 16.7. The van der Waals surface area contributed by atoms with Crippen molar-refractivity contribution in [3.05, 3.63) is 68.9 Å². The first kappa shape index (κ1) is 45.3. The van der Waals surface area contributed by atoms with Gasteiger partial charge >= 0.3 is 11.9 Å². The van der Waals surface area contributed by atoms with Gasteiger partial charge in [-0.05, 0) is 102 Å². The highest BCUT2D eigenvalue weighted by Crippen LogP contribution is 2.51. The van der Waals surface area contributed by atoms with Crippen LogP contribution in [0.15, 0.2) is 24.3 Å². The van der Waals surface area contributed by atoms with Gasteiger partial charge in [0, 0.05) is 71.3 Å². The number of esters is 2. The number of carbonyl (C=O) groups is 2. The molecule has 336 valence electrons.